The van der Waals surface area contributed by atoms with Gasteiger partial charge in [0.05, 0.1) is 17.9 Å². The molecule has 3 unspecified atom stereocenters. The van der Waals surface area contributed by atoms with E-state index in [2.05, 4.69) is 30.4 Å². The van der Waals surface area contributed by atoms with Crippen molar-refractivity contribution in [3.05, 3.63) is 35.4 Å². The lowest BCUT2D eigenvalue weighted by Crippen LogP contribution is -2.55. The van der Waals surface area contributed by atoms with Crippen molar-refractivity contribution in [1.82, 2.24) is 25.0 Å². The third-order valence-electron chi connectivity index (χ3n) is 6.86. The fraction of sp³-hybridized carbons (Fsp3) is 0.591. The summed E-state index contributed by atoms with van der Waals surface area (Å²) < 4.78 is 38.9. The van der Waals surface area contributed by atoms with E-state index in [0.29, 0.717) is 13.0 Å². The fourth-order valence-corrected chi connectivity index (χ4v) is 4.86. The molecule has 8 nitrogen and oxygen atoms in total. The topological polar surface area (TPSA) is 76.1 Å². The maximum Gasteiger partial charge on any atom is 0.432 e. The molecule has 1 saturated heterocycles. The number of nitrogens with one attached hydrogen (secondary N) is 2. The number of piperazine rings is 1. The number of nitrogens with zero attached hydrogens (tertiary/aromatic N) is 5. The Morgan fingerprint density at radius 1 is 1.21 bits per heavy atom. The summed E-state index contributed by atoms with van der Waals surface area (Å²) >= 11 is 0. The van der Waals surface area contributed by atoms with Crippen molar-refractivity contribution in [3.63, 3.8) is 0 Å². The van der Waals surface area contributed by atoms with Crippen molar-refractivity contribution in [3.8, 4) is 0 Å². The lowest BCUT2D eigenvalue weighted by molar-refractivity contribution is -0.120. The number of carbonyl (C=O) groups excluding carboxylic acids is 1. The Balaban J connectivity index is 1.15. The van der Waals surface area contributed by atoms with Gasteiger partial charge in [0.2, 0.25) is 5.91 Å². The van der Waals surface area contributed by atoms with Crippen LogP contribution < -0.4 is 10.6 Å². The molecule has 0 aliphatic carbocycles. The quantitative estimate of drug-likeness (QED) is 0.709. The van der Waals surface area contributed by atoms with E-state index in [0.717, 1.165) is 62.3 Å². The normalized spacial score (nSPS) is 28.1. The van der Waals surface area contributed by atoms with Gasteiger partial charge in [0, 0.05) is 63.7 Å². The third-order valence-corrected chi connectivity index (χ3v) is 6.86. The molecule has 3 atom stereocenters. The zero-order valence-corrected chi connectivity index (χ0v) is 18.5. The summed E-state index contributed by atoms with van der Waals surface area (Å²) in [5.41, 5.74) is 2.11. The predicted octanol–water partition coefficient (Wildman–Crippen LogP) is 1.77. The number of anilines is 1. The summed E-state index contributed by atoms with van der Waals surface area (Å²) in [6, 6.07) is 2.02. The number of hydrogen-bond acceptors (Lipinski definition) is 7. The number of pyridine rings is 1. The van der Waals surface area contributed by atoms with Gasteiger partial charge >= 0.3 is 6.18 Å². The molecule has 1 fully saturated rings. The van der Waals surface area contributed by atoms with Crippen LogP contribution in [0.1, 0.15) is 24.6 Å². The Hall–Kier alpha value is -2.66. The summed E-state index contributed by atoms with van der Waals surface area (Å²) in [6.07, 6.45) is 1.06. The maximum absolute atomic E-state index is 13.0. The molecule has 0 aromatic carbocycles. The summed E-state index contributed by atoms with van der Waals surface area (Å²) in [7, 11) is 0. The average molecular weight is 464 g/mol. The zero-order valence-electron chi connectivity index (χ0n) is 18.5. The Bertz CT molecular complexity index is 971. The van der Waals surface area contributed by atoms with Gasteiger partial charge in [-0.15, -0.1) is 0 Å². The minimum absolute atomic E-state index is 0.00599. The average Bonchev–Trinajstić information content (AvgIpc) is 3.23. The summed E-state index contributed by atoms with van der Waals surface area (Å²) in [5.74, 6) is 0.0618. The molecule has 178 valence electrons. The van der Waals surface area contributed by atoms with Crippen LogP contribution in [0.15, 0.2) is 29.2 Å². The smallest absolute Gasteiger partial charge is 0.356 e. The molecule has 4 aliphatic rings. The van der Waals surface area contributed by atoms with Crippen LogP contribution in [-0.2, 0) is 17.8 Å². The SMILES string of the molecule is CCC1Cc2ncc(CN3CCN(C4CN5C=C(C(F)(F)F)NC5C=N4)CC3)cc2NC1=O. The van der Waals surface area contributed by atoms with Crippen molar-refractivity contribution in [1.29, 1.82) is 0 Å². The van der Waals surface area contributed by atoms with Crippen LogP contribution in [0.5, 0.6) is 0 Å². The molecule has 11 heteroatoms. The summed E-state index contributed by atoms with van der Waals surface area (Å²) in [4.78, 5) is 27.5. The van der Waals surface area contributed by atoms with Crippen LogP contribution in [0, 0.1) is 5.92 Å². The second-order valence-corrected chi connectivity index (χ2v) is 9.05. The van der Waals surface area contributed by atoms with Gasteiger partial charge in [-0.25, -0.2) is 0 Å². The molecule has 5 heterocycles. The predicted molar refractivity (Wildman–Crippen MR) is 117 cm³/mol. The van der Waals surface area contributed by atoms with Crippen molar-refractivity contribution in [2.75, 3.05) is 38.0 Å². The van der Waals surface area contributed by atoms with E-state index in [1.165, 1.54) is 0 Å². The van der Waals surface area contributed by atoms with E-state index in [9.17, 15) is 18.0 Å². The Morgan fingerprint density at radius 2 is 2.00 bits per heavy atom. The molecule has 0 radical (unpaired) electrons. The van der Waals surface area contributed by atoms with Crippen LogP contribution in [0.2, 0.25) is 0 Å². The Morgan fingerprint density at radius 3 is 2.73 bits per heavy atom. The van der Waals surface area contributed by atoms with E-state index in [4.69, 9.17) is 0 Å². The minimum Gasteiger partial charge on any atom is -0.356 e. The van der Waals surface area contributed by atoms with Gasteiger partial charge in [-0.3, -0.25) is 24.6 Å². The largest absolute Gasteiger partial charge is 0.432 e. The van der Waals surface area contributed by atoms with Crippen LogP contribution >= 0.6 is 0 Å². The van der Waals surface area contributed by atoms with Crippen molar-refractivity contribution in [2.24, 2.45) is 10.9 Å². The maximum atomic E-state index is 13.0. The molecule has 1 aromatic rings. The first kappa shape index (κ1) is 22.1. The first-order valence-corrected chi connectivity index (χ1v) is 11.4. The lowest BCUT2D eigenvalue weighted by Gasteiger charge is -2.41. The molecule has 1 aromatic heterocycles. The van der Waals surface area contributed by atoms with Crippen molar-refractivity contribution in [2.45, 2.75) is 44.8 Å². The van der Waals surface area contributed by atoms with Crippen molar-refractivity contribution >= 4 is 17.8 Å². The van der Waals surface area contributed by atoms with Gasteiger partial charge in [-0.2, -0.15) is 13.2 Å². The number of aromatic nitrogens is 1. The third kappa shape index (κ3) is 4.56. The molecular formula is C22H28F3N7O. The summed E-state index contributed by atoms with van der Waals surface area (Å²) in [5, 5.41) is 5.46. The highest BCUT2D eigenvalue weighted by atomic mass is 19.4. The highest BCUT2D eigenvalue weighted by Gasteiger charge is 2.42. The number of rotatable bonds is 4. The second-order valence-electron chi connectivity index (χ2n) is 9.05. The molecule has 0 spiro atoms. The molecule has 0 saturated carbocycles. The number of hydrogen-bond donors (Lipinski definition) is 2. The van der Waals surface area contributed by atoms with Crippen LogP contribution in [0.3, 0.4) is 0 Å². The number of carbonyl (C=O) groups is 1. The first-order chi connectivity index (χ1) is 15.8. The van der Waals surface area contributed by atoms with E-state index in [1.807, 2.05) is 19.2 Å². The van der Waals surface area contributed by atoms with Gasteiger partial charge in [-0.1, -0.05) is 6.92 Å². The second kappa shape index (κ2) is 8.60. The number of alkyl halides is 3. The van der Waals surface area contributed by atoms with E-state index < -0.39 is 18.0 Å². The van der Waals surface area contributed by atoms with E-state index >= 15 is 0 Å². The number of allylic oxidation sites excluding steroid dienone is 1. The fourth-order valence-electron chi connectivity index (χ4n) is 4.86. The highest BCUT2D eigenvalue weighted by molar-refractivity contribution is 5.95. The van der Waals surface area contributed by atoms with Crippen LogP contribution in [-0.4, -0.2) is 83.0 Å². The molecule has 5 rings (SSSR count). The molecule has 1 amide bonds. The van der Waals surface area contributed by atoms with Crippen LogP contribution in [0.4, 0.5) is 18.9 Å². The number of fused-ring (bicyclic) bond motifs is 2. The molecule has 4 aliphatic heterocycles. The highest BCUT2D eigenvalue weighted by Crippen LogP contribution is 2.30. The van der Waals surface area contributed by atoms with Gasteiger partial charge in [0.15, 0.2) is 0 Å². The van der Waals surface area contributed by atoms with Gasteiger partial charge < -0.3 is 15.5 Å². The molecule has 2 N–H and O–H groups in total. The summed E-state index contributed by atoms with van der Waals surface area (Å²) in [6.45, 7) is 6.43. The standard InChI is InChI=1S/C22H28F3N7O/c1-2-15-8-16-17(28-21(15)33)7-14(9-26-16)11-30-3-5-31(6-4-30)20-13-32-12-18(22(23,24)25)29-19(32)10-27-20/h7,9-10,12,15,19-20,29H,2-6,8,11,13H2,1H3,(H,28,33). The molecule has 0 bridgehead atoms. The van der Waals surface area contributed by atoms with E-state index in [-0.39, 0.29) is 18.0 Å². The minimum atomic E-state index is -4.38. The monoisotopic (exact) mass is 463 g/mol. The van der Waals surface area contributed by atoms with Gasteiger partial charge in [0.1, 0.15) is 18.0 Å². The van der Waals surface area contributed by atoms with E-state index in [1.54, 1.807) is 11.1 Å². The van der Waals surface area contributed by atoms with Gasteiger partial charge in [-0.05, 0) is 18.1 Å². The number of halogens is 3. The zero-order chi connectivity index (χ0) is 23.2. The number of aliphatic imine (C=N–C) groups is 1. The Kier molecular flexibility index (Phi) is 5.77. The first-order valence-electron chi connectivity index (χ1n) is 11.4. The van der Waals surface area contributed by atoms with Crippen LogP contribution in [0.25, 0.3) is 0 Å². The van der Waals surface area contributed by atoms with Gasteiger partial charge in [0.25, 0.3) is 0 Å². The molecule has 33 heavy (non-hydrogen) atoms. The Labute approximate surface area is 190 Å². The van der Waals surface area contributed by atoms with Crippen molar-refractivity contribution < 1.29 is 18.0 Å². The lowest BCUT2D eigenvalue weighted by atomic mass is 9.94. The molecular weight excluding hydrogens is 435 g/mol. The number of amides is 1.